The highest BCUT2D eigenvalue weighted by atomic mass is 127. The lowest BCUT2D eigenvalue weighted by molar-refractivity contribution is 0.0888. The van der Waals surface area contributed by atoms with Crippen molar-refractivity contribution in [1.29, 1.82) is 0 Å². The van der Waals surface area contributed by atoms with Gasteiger partial charge < -0.3 is 24.7 Å². The molecule has 28 heavy (non-hydrogen) atoms. The molecule has 0 amide bonds. The third kappa shape index (κ3) is 7.47. The molecule has 0 radical (unpaired) electrons. The summed E-state index contributed by atoms with van der Waals surface area (Å²) in [6.07, 6.45) is 7.75. The summed E-state index contributed by atoms with van der Waals surface area (Å²) in [5, 5.41) is 15.4. The number of hydrogen-bond acceptors (Lipinski definition) is 5. The molecule has 8 nitrogen and oxygen atoms in total. The topological polar surface area (TPSA) is 85.6 Å². The minimum atomic E-state index is 0. The largest absolute Gasteiger partial charge is 0.381 e. The van der Waals surface area contributed by atoms with Crippen LogP contribution in [0.15, 0.2) is 4.99 Å². The molecule has 1 atom stereocenters. The Hall–Kier alpha value is -0.940. The van der Waals surface area contributed by atoms with Crippen molar-refractivity contribution < 1.29 is 9.47 Å². The smallest absolute Gasteiger partial charge is 0.190 e. The van der Waals surface area contributed by atoms with Crippen LogP contribution in [0.25, 0.3) is 0 Å². The zero-order valence-electron chi connectivity index (χ0n) is 17.0. The zero-order chi connectivity index (χ0) is 18.7. The number of aromatic nitrogens is 3. The first-order valence-corrected chi connectivity index (χ1v) is 10.4. The third-order valence-electron chi connectivity index (χ3n) is 5.19. The van der Waals surface area contributed by atoms with Crippen molar-refractivity contribution in [1.82, 2.24) is 25.4 Å². The number of nitrogens with zero attached hydrogens (tertiary/aromatic N) is 4. The van der Waals surface area contributed by atoms with Gasteiger partial charge in [0.15, 0.2) is 5.96 Å². The summed E-state index contributed by atoms with van der Waals surface area (Å²) in [5.41, 5.74) is 0. The molecule has 0 saturated carbocycles. The lowest BCUT2D eigenvalue weighted by atomic mass is 10.1. The molecule has 2 aliphatic heterocycles. The first kappa shape index (κ1) is 23.3. The van der Waals surface area contributed by atoms with E-state index in [1.807, 2.05) is 0 Å². The molecule has 0 spiro atoms. The number of hydrogen-bond donors (Lipinski definition) is 2. The van der Waals surface area contributed by atoms with Crippen LogP contribution in [0, 0.1) is 5.92 Å². The second kappa shape index (κ2) is 13.3. The van der Waals surface area contributed by atoms with Gasteiger partial charge in [0, 0.05) is 58.7 Å². The van der Waals surface area contributed by atoms with E-state index in [1.54, 1.807) is 7.05 Å². The van der Waals surface area contributed by atoms with Gasteiger partial charge in [-0.05, 0) is 25.7 Å². The molecule has 0 aliphatic carbocycles. The van der Waals surface area contributed by atoms with Crippen LogP contribution in [0.5, 0.6) is 0 Å². The second-order valence-electron chi connectivity index (χ2n) is 7.33. The number of rotatable bonds is 9. The highest BCUT2D eigenvalue weighted by Crippen LogP contribution is 2.14. The van der Waals surface area contributed by atoms with Crippen molar-refractivity contribution in [2.75, 3.05) is 46.6 Å². The Morgan fingerprint density at radius 3 is 2.96 bits per heavy atom. The van der Waals surface area contributed by atoms with Crippen LogP contribution in [-0.2, 0) is 28.9 Å². The number of aryl methyl sites for hydroxylation is 1. The second-order valence-corrected chi connectivity index (χ2v) is 7.33. The predicted molar refractivity (Wildman–Crippen MR) is 120 cm³/mol. The summed E-state index contributed by atoms with van der Waals surface area (Å²) in [6.45, 7) is 6.02. The molecule has 1 saturated heterocycles. The number of fused-ring (bicyclic) bond motifs is 1. The summed E-state index contributed by atoms with van der Waals surface area (Å²) in [7, 11) is 1.80. The van der Waals surface area contributed by atoms with E-state index in [2.05, 4.69) is 30.4 Å². The van der Waals surface area contributed by atoms with Crippen molar-refractivity contribution in [2.24, 2.45) is 10.9 Å². The Labute approximate surface area is 185 Å². The summed E-state index contributed by atoms with van der Waals surface area (Å²) in [6, 6.07) is 0. The minimum Gasteiger partial charge on any atom is -0.381 e. The summed E-state index contributed by atoms with van der Waals surface area (Å²) >= 11 is 0. The molecular weight excluding hydrogens is 471 g/mol. The molecule has 2 aliphatic rings. The maximum absolute atomic E-state index is 5.73. The SMILES string of the molecule is CN=C(NCCCOCC1CCOC1)NCCc1nnc2n1CCCCC2.I. The van der Waals surface area contributed by atoms with Gasteiger partial charge in [-0.15, -0.1) is 34.2 Å². The highest BCUT2D eigenvalue weighted by molar-refractivity contribution is 14.0. The fraction of sp³-hybridized carbons (Fsp3) is 0.842. The van der Waals surface area contributed by atoms with Gasteiger partial charge in [0.1, 0.15) is 11.6 Å². The Balaban J connectivity index is 0.00000280. The van der Waals surface area contributed by atoms with Crippen LogP contribution in [0.2, 0.25) is 0 Å². The van der Waals surface area contributed by atoms with E-state index < -0.39 is 0 Å². The van der Waals surface area contributed by atoms with Crippen molar-refractivity contribution in [3.8, 4) is 0 Å². The predicted octanol–water partition coefficient (Wildman–Crippen LogP) is 1.77. The van der Waals surface area contributed by atoms with Crippen molar-refractivity contribution in [3.05, 3.63) is 11.6 Å². The van der Waals surface area contributed by atoms with E-state index in [0.29, 0.717) is 5.92 Å². The molecule has 0 bridgehead atoms. The van der Waals surface area contributed by atoms with Crippen LogP contribution in [0.3, 0.4) is 0 Å². The number of aliphatic imine (C=N–C) groups is 1. The quantitative estimate of drug-likeness (QED) is 0.230. The molecule has 3 heterocycles. The molecule has 1 unspecified atom stereocenters. The standard InChI is InChI=1S/C19H34N6O2.HI/c1-20-19(21-9-5-12-26-14-16-8-13-27-15-16)22-10-7-18-24-23-17-6-3-2-4-11-25(17)18;/h16H,2-15H2,1H3,(H2,20,21,22);1H. The Morgan fingerprint density at radius 1 is 1.25 bits per heavy atom. The van der Waals surface area contributed by atoms with Gasteiger partial charge in [0.05, 0.1) is 13.2 Å². The van der Waals surface area contributed by atoms with Crippen LogP contribution in [0.4, 0.5) is 0 Å². The van der Waals surface area contributed by atoms with Gasteiger partial charge in [-0.25, -0.2) is 0 Å². The molecule has 1 aromatic rings. The summed E-state index contributed by atoms with van der Waals surface area (Å²) in [5.74, 6) is 3.64. The van der Waals surface area contributed by atoms with Crippen molar-refractivity contribution in [2.45, 2.75) is 51.5 Å². The van der Waals surface area contributed by atoms with Crippen molar-refractivity contribution >= 4 is 29.9 Å². The van der Waals surface area contributed by atoms with Crippen LogP contribution < -0.4 is 10.6 Å². The van der Waals surface area contributed by atoms with Crippen LogP contribution in [0.1, 0.15) is 43.8 Å². The highest BCUT2D eigenvalue weighted by Gasteiger charge is 2.15. The fourth-order valence-corrected chi connectivity index (χ4v) is 3.59. The van der Waals surface area contributed by atoms with E-state index in [4.69, 9.17) is 9.47 Å². The minimum absolute atomic E-state index is 0. The van der Waals surface area contributed by atoms with Crippen LogP contribution >= 0.6 is 24.0 Å². The zero-order valence-corrected chi connectivity index (χ0v) is 19.3. The van der Waals surface area contributed by atoms with Crippen molar-refractivity contribution in [3.63, 3.8) is 0 Å². The monoisotopic (exact) mass is 506 g/mol. The normalized spacial score (nSPS) is 19.6. The number of halogens is 1. The van der Waals surface area contributed by atoms with E-state index in [9.17, 15) is 0 Å². The maximum Gasteiger partial charge on any atom is 0.190 e. The third-order valence-corrected chi connectivity index (χ3v) is 5.19. The average molecular weight is 506 g/mol. The average Bonchev–Trinajstić information content (AvgIpc) is 3.27. The molecule has 160 valence electrons. The van der Waals surface area contributed by atoms with Crippen LogP contribution in [-0.4, -0.2) is 67.3 Å². The first-order chi connectivity index (χ1) is 13.4. The van der Waals surface area contributed by atoms with Gasteiger partial charge in [-0.1, -0.05) is 6.42 Å². The number of ether oxygens (including phenoxy) is 2. The summed E-state index contributed by atoms with van der Waals surface area (Å²) < 4.78 is 13.4. The van der Waals surface area contributed by atoms with E-state index in [-0.39, 0.29) is 24.0 Å². The first-order valence-electron chi connectivity index (χ1n) is 10.4. The Morgan fingerprint density at radius 2 is 2.14 bits per heavy atom. The van der Waals surface area contributed by atoms with Gasteiger partial charge in [-0.2, -0.15) is 0 Å². The Kier molecular flexibility index (Phi) is 11.1. The van der Waals surface area contributed by atoms with Gasteiger partial charge >= 0.3 is 0 Å². The lowest BCUT2D eigenvalue weighted by Crippen LogP contribution is -2.39. The molecule has 2 N–H and O–H groups in total. The van der Waals surface area contributed by atoms with E-state index in [1.165, 1.54) is 19.3 Å². The molecule has 1 fully saturated rings. The van der Waals surface area contributed by atoms with E-state index >= 15 is 0 Å². The number of guanidine groups is 1. The Bertz CT molecular complexity index is 589. The molecule has 3 rings (SSSR count). The maximum atomic E-state index is 5.73. The molecule has 1 aromatic heterocycles. The van der Waals surface area contributed by atoms with Gasteiger partial charge in [-0.3, -0.25) is 4.99 Å². The molecule has 0 aromatic carbocycles. The summed E-state index contributed by atoms with van der Waals surface area (Å²) in [4.78, 5) is 4.28. The molecule has 9 heteroatoms. The lowest BCUT2D eigenvalue weighted by Gasteiger charge is -2.13. The van der Waals surface area contributed by atoms with Gasteiger partial charge in [0.2, 0.25) is 0 Å². The van der Waals surface area contributed by atoms with Gasteiger partial charge in [0.25, 0.3) is 0 Å². The van der Waals surface area contributed by atoms with E-state index in [0.717, 1.165) is 89.4 Å². The molecular formula is C19H35IN6O2. The number of nitrogens with one attached hydrogen (secondary N) is 2. The fourth-order valence-electron chi connectivity index (χ4n) is 3.59.